The molecule has 0 aromatic heterocycles. The van der Waals surface area contributed by atoms with E-state index in [4.69, 9.17) is 0 Å². The Bertz CT molecular complexity index is 410. The first-order valence-corrected chi connectivity index (χ1v) is 7.01. The minimum absolute atomic E-state index is 0.0443. The highest BCUT2D eigenvalue weighted by molar-refractivity contribution is 5.49. The normalized spacial score (nSPS) is 13.4. The van der Waals surface area contributed by atoms with Crippen molar-refractivity contribution >= 4 is 5.69 Å². The molecule has 0 aliphatic rings. The van der Waals surface area contributed by atoms with Crippen molar-refractivity contribution < 1.29 is 4.39 Å². The van der Waals surface area contributed by atoms with Gasteiger partial charge in [0.25, 0.3) is 0 Å². The Hall–Kier alpha value is -1.09. The van der Waals surface area contributed by atoms with E-state index >= 15 is 0 Å². The fourth-order valence-corrected chi connectivity index (χ4v) is 1.82. The predicted octanol–water partition coefficient (Wildman–Crippen LogP) is 3.95. The zero-order chi connectivity index (χ0) is 14.6. The van der Waals surface area contributed by atoms with Crippen molar-refractivity contribution in [2.75, 3.05) is 11.9 Å². The third-order valence-electron chi connectivity index (χ3n) is 3.47. The van der Waals surface area contributed by atoms with Gasteiger partial charge in [0.1, 0.15) is 5.82 Å². The van der Waals surface area contributed by atoms with E-state index in [0.29, 0.717) is 18.3 Å². The van der Waals surface area contributed by atoms with Gasteiger partial charge in [-0.15, -0.1) is 0 Å². The van der Waals surface area contributed by atoms with E-state index in [1.807, 2.05) is 24.1 Å². The predicted molar refractivity (Wildman–Crippen MR) is 81.1 cm³/mol. The Morgan fingerprint density at radius 3 is 2.42 bits per heavy atom. The van der Waals surface area contributed by atoms with Gasteiger partial charge >= 0.3 is 0 Å². The summed E-state index contributed by atoms with van der Waals surface area (Å²) in [6.45, 7) is 11.2. The average molecular weight is 266 g/mol. The first-order valence-electron chi connectivity index (χ1n) is 7.01. The fourth-order valence-electron chi connectivity index (χ4n) is 1.82. The van der Waals surface area contributed by atoms with Crippen LogP contribution in [0.4, 0.5) is 10.1 Å². The molecule has 2 nitrogen and oxygen atoms in total. The largest absolute Gasteiger partial charge is 0.370 e. The van der Waals surface area contributed by atoms with Crippen LogP contribution in [0.5, 0.6) is 0 Å². The van der Waals surface area contributed by atoms with Crippen molar-refractivity contribution in [2.45, 2.75) is 59.2 Å². The van der Waals surface area contributed by atoms with E-state index in [9.17, 15) is 4.39 Å². The van der Waals surface area contributed by atoms with Gasteiger partial charge < -0.3 is 10.2 Å². The Morgan fingerprint density at radius 2 is 1.95 bits per heavy atom. The van der Waals surface area contributed by atoms with Gasteiger partial charge in [-0.2, -0.15) is 0 Å². The third kappa shape index (κ3) is 4.83. The Morgan fingerprint density at radius 1 is 1.32 bits per heavy atom. The van der Waals surface area contributed by atoms with Gasteiger partial charge in [0.2, 0.25) is 0 Å². The molecule has 1 rings (SSSR count). The van der Waals surface area contributed by atoms with Crippen LogP contribution in [-0.2, 0) is 6.54 Å². The zero-order valence-corrected chi connectivity index (χ0v) is 13.0. The van der Waals surface area contributed by atoms with E-state index in [1.54, 1.807) is 6.07 Å². The highest BCUT2D eigenvalue weighted by atomic mass is 19.1. The lowest BCUT2D eigenvalue weighted by atomic mass is 10.1. The molecular formula is C16H27FN2. The number of rotatable bonds is 5. The molecule has 19 heavy (non-hydrogen) atoms. The molecule has 0 fully saturated rings. The molecule has 0 spiro atoms. The summed E-state index contributed by atoms with van der Waals surface area (Å²) in [7, 11) is 1.94. The standard InChI is InChI=1S/C16H27FN2/c1-7-12(2)19(6)15-9-8-13(10-14(15)17)11-18-16(3,4)5/h8-10,12,18H,7,11H2,1-6H3. The SMILES string of the molecule is CCC(C)N(C)c1ccc(CNC(C)(C)C)cc1F. The van der Waals surface area contributed by atoms with E-state index in [1.165, 1.54) is 0 Å². The molecule has 0 bridgehead atoms. The molecule has 1 aromatic carbocycles. The molecule has 1 N–H and O–H groups in total. The van der Waals surface area contributed by atoms with E-state index in [-0.39, 0.29) is 11.4 Å². The van der Waals surface area contributed by atoms with Crippen LogP contribution in [0.15, 0.2) is 18.2 Å². The topological polar surface area (TPSA) is 15.3 Å². The maximum atomic E-state index is 14.1. The van der Waals surface area contributed by atoms with Crippen LogP contribution in [0.25, 0.3) is 0 Å². The van der Waals surface area contributed by atoms with Gasteiger partial charge in [0.05, 0.1) is 5.69 Å². The van der Waals surface area contributed by atoms with Crippen molar-refractivity contribution in [3.63, 3.8) is 0 Å². The molecular weight excluding hydrogens is 239 g/mol. The van der Waals surface area contributed by atoms with Gasteiger partial charge in [-0.1, -0.05) is 13.0 Å². The van der Waals surface area contributed by atoms with Crippen molar-refractivity contribution in [1.82, 2.24) is 5.32 Å². The first kappa shape index (κ1) is 16.0. The Labute approximate surface area is 117 Å². The summed E-state index contributed by atoms with van der Waals surface area (Å²) in [4.78, 5) is 2.00. The maximum Gasteiger partial charge on any atom is 0.146 e. The number of anilines is 1. The van der Waals surface area contributed by atoms with Crippen LogP contribution in [0.3, 0.4) is 0 Å². The van der Waals surface area contributed by atoms with Crippen LogP contribution in [0.2, 0.25) is 0 Å². The number of hydrogen-bond acceptors (Lipinski definition) is 2. The second-order valence-corrected chi connectivity index (χ2v) is 6.26. The van der Waals surface area contributed by atoms with Gasteiger partial charge in [0.15, 0.2) is 0 Å². The molecule has 1 aromatic rings. The molecule has 0 saturated heterocycles. The lowest BCUT2D eigenvalue weighted by molar-refractivity contribution is 0.423. The monoisotopic (exact) mass is 266 g/mol. The molecule has 0 amide bonds. The van der Waals surface area contributed by atoms with E-state index in [0.717, 1.165) is 12.0 Å². The first-order chi connectivity index (χ1) is 8.74. The summed E-state index contributed by atoms with van der Waals surface area (Å²) in [6.07, 6.45) is 1.00. The lowest BCUT2D eigenvalue weighted by Crippen LogP contribution is -2.35. The van der Waals surface area contributed by atoms with Crippen LogP contribution in [-0.4, -0.2) is 18.6 Å². The van der Waals surface area contributed by atoms with E-state index < -0.39 is 0 Å². The van der Waals surface area contributed by atoms with Gasteiger partial charge in [-0.25, -0.2) is 4.39 Å². The molecule has 0 radical (unpaired) electrons. The average Bonchev–Trinajstić information content (AvgIpc) is 2.34. The quantitative estimate of drug-likeness (QED) is 0.868. The number of nitrogens with one attached hydrogen (secondary N) is 1. The van der Waals surface area contributed by atoms with E-state index in [2.05, 4.69) is 39.9 Å². The molecule has 108 valence electrons. The maximum absolute atomic E-state index is 14.1. The molecule has 1 atom stereocenters. The second-order valence-electron chi connectivity index (χ2n) is 6.26. The van der Waals surface area contributed by atoms with Crippen LogP contribution in [0, 0.1) is 5.82 Å². The number of halogens is 1. The summed E-state index contributed by atoms with van der Waals surface area (Å²) >= 11 is 0. The highest BCUT2D eigenvalue weighted by Gasteiger charge is 2.14. The molecule has 0 heterocycles. The van der Waals surface area contributed by atoms with Crippen LogP contribution >= 0.6 is 0 Å². The summed E-state index contributed by atoms with van der Waals surface area (Å²) in [5, 5.41) is 3.37. The molecule has 3 heteroatoms. The molecule has 1 unspecified atom stereocenters. The van der Waals surface area contributed by atoms with Crippen LogP contribution in [0.1, 0.15) is 46.6 Å². The smallest absolute Gasteiger partial charge is 0.146 e. The second kappa shape index (κ2) is 6.38. The van der Waals surface area contributed by atoms with Gasteiger partial charge in [-0.3, -0.25) is 0 Å². The number of benzene rings is 1. The van der Waals surface area contributed by atoms with Gasteiger partial charge in [0, 0.05) is 25.2 Å². The Balaban J connectivity index is 2.80. The molecule has 0 aliphatic heterocycles. The third-order valence-corrected chi connectivity index (χ3v) is 3.47. The fraction of sp³-hybridized carbons (Fsp3) is 0.625. The van der Waals surface area contributed by atoms with Gasteiger partial charge in [-0.05, 0) is 51.8 Å². The molecule has 0 saturated carbocycles. The Kier molecular flexibility index (Phi) is 5.36. The minimum atomic E-state index is -0.143. The lowest BCUT2D eigenvalue weighted by Gasteiger charge is -2.27. The van der Waals surface area contributed by atoms with Crippen molar-refractivity contribution in [1.29, 1.82) is 0 Å². The van der Waals surface area contributed by atoms with Crippen molar-refractivity contribution in [3.8, 4) is 0 Å². The summed E-state index contributed by atoms with van der Waals surface area (Å²) in [5.74, 6) is -0.143. The minimum Gasteiger partial charge on any atom is -0.370 e. The summed E-state index contributed by atoms with van der Waals surface area (Å²) in [6, 6.07) is 5.84. The number of nitrogens with zero attached hydrogens (tertiary/aromatic N) is 1. The number of hydrogen-bond donors (Lipinski definition) is 1. The van der Waals surface area contributed by atoms with Crippen molar-refractivity contribution in [2.24, 2.45) is 0 Å². The molecule has 0 aliphatic carbocycles. The summed E-state index contributed by atoms with van der Waals surface area (Å²) < 4.78 is 14.1. The highest BCUT2D eigenvalue weighted by Crippen LogP contribution is 2.22. The van der Waals surface area contributed by atoms with Crippen molar-refractivity contribution in [3.05, 3.63) is 29.6 Å². The van der Waals surface area contributed by atoms with Crippen LogP contribution < -0.4 is 10.2 Å². The zero-order valence-electron chi connectivity index (χ0n) is 13.0. The summed E-state index contributed by atoms with van der Waals surface area (Å²) in [5.41, 5.74) is 1.70.